The molecule has 0 bridgehead atoms. The molecule has 1 fully saturated rings. The molecule has 0 amide bonds. The van der Waals surface area contributed by atoms with Crippen LogP contribution in [0.25, 0.3) is 0 Å². The van der Waals surface area contributed by atoms with Crippen molar-refractivity contribution >= 4 is 17.5 Å². The largest absolute Gasteiger partial charge is 0.386 e. The molecular weight excluding hydrogens is 266 g/mol. The molecule has 1 aliphatic heterocycles. The van der Waals surface area contributed by atoms with Crippen LogP contribution in [0.3, 0.4) is 0 Å². The summed E-state index contributed by atoms with van der Waals surface area (Å²) in [4.78, 5) is 18.6. The zero-order valence-corrected chi connectivity index (χ0v) is 11.3. The van der Waals surface area contributed by atoms with Crippen molar-refractivity contribution in [1.29, 1.82) is 0 Å². The van der Waals surface area contributed by atoms with E-state index in [1.165, 1.54) is 0 Å². The first kappa shape index (κ1) is 14.4. The first-order valence-corrected chi connectivity index (χ1v) is 6.20. The quantitative estimate of drug-likeness (QED) is 0.521. The van der Waals surface area contributed by atoms with Crippen molar-refractivity contribution in [3.8, 4) is 0 Å². The molecule has 0 saturated carbocycles. The molecule has 9 nitrogen and oxygen atoms in total. The maximum atomic E-state index is 11.1. The lowest BCUT2D eigenvalue weighted by Gasteiger charge is -2.21. The van der Waals surface area contributed by atoms with Crippen molar-refractivity contribution in [2.45, 2.75) is 18.9 Å². The average Bonchev–Trinajstić information content (AvgIpc) is 2.82. The summed E-state index contributed by atoms with van der Waals surface area (Å²) < 4.78 is 5.13. The fraction of sp³-hybridized carbons (Fsp3) is 0.636. The lowest BCUT2D eigenvalue weighted by atomic mass is 10.0. The molecule has 1 atom stereocenters. The fourth-order valence-corrected chi connectivity index (χ4v) is 2.00. The second-order valence-electron chi connectivity index (χ2n) is 4.72. The highest BCUT2D eigenvalue weighted by atomic mass is 16.6. The van der Waals surface area contributed by atoms with Gasteiger partial charge in [0.2, 0.25) is 11.8 Å². The number of aryl methyl sites for hydroxylation is 1. The van der Waals surface area contributed by atoms with Gasteiger partial charge in [0.25, 0.3) is 0 Å². The highest BCUT2D eigenvalue weighted by molar-refractivity contribution is 5.60. The van der Waals surface area contributed by atoms with Crippen LogP contribution < -0.4 is 10.6 Å². The van der Waals surface area contributed by atoms with Gasteiger partial charge in [-0.15, -0.1) is 0 Å². The molecule has 9 heteroatoms. The Balaban J connectivity index is 2.24. The smallest absolute Gasteiger partial charge is 0.332 e. The molecule has 1 aromatic rings. The summed E-state index contributed by atoms with van der Waals surface area (Å²) in [5.41, 5.74) is -0.954. The molecule has 110 valence electrons. The van der Waals surface area contributed by atoms with Crippen molar-refractivity contribution < 1.29 is 14.8 Å². The standard InChI is InChI=1S/C11H17N5O4/c1-7-8(16(18)19)9(15-10(12-2)14-7)13-5-11(17)3-4-20-6-11/h17H,3-6H2,1-2H3,(H2,12,13,14,15). The molecular formula is C11H17N5O4. The fourth-order valence-electron chi connectivity index (χ4n) is 2.00. The van der Waals surface area contributed by atoms with Gasteiger partial charge in [-0.05, 0) is 6.92 Å². The number of aliphatic hydroxyl groups is 1. The number of nitrogens with one attached hydrogen (secondary N) is 2. The van der Waals surface area contributed by atoms with Crippen LogP contribution in [0.1, 0.15) is 12.1 Å². The SMILES string of the molecule is CNc1nc(C)c([N+](=O)[O-])c(NCC2(O)CCOC2)n1. The number of nitrogens with zero attached hydrogens (tertiary/aromatic N) is 3. The van der Waals surface area contributed by atoms with Crippen LogP contribution in [0.5, 0.6) is 0 Å². The number of anilines is 2. The molecule has 0 spiro atoms. The van der Waals surface area contributed by atoms with Gasteiger partial charge in [-0.3, -0.25) is 10.1 Å². The summed E-state index contributed by atoms with van der Waals surface area (Å²) in [6.45, 7) is 2.36. The molecule has 1 unspecified atom stereocenters. The van der Waals surface area contributed by atoms with E-state index in [9.17, 15) is 15.2 Å². The Hall–Kier alpha value is -2.00. The normalized spacial score (nSPS) is 21.8. The molecule has 0 radical (unpaired) electrons. The maximum absolute atomic E-state index is 11.1. The minimum Gasteiger partial charge on any atom is -0.386 e. The van der Waals surface area contributed by atoms with Crippen molar-refractivity contribution in [2.75, 3.05) is 37.4 Å². The summed E-state index contributed by atoms with van der Waals surface area (Å²) in [6.07, 6.45) is 0.483. The highest BCUT2D eigenvalue weighted by Crippen LogP contribution is 2.27. The van der Waals surface area contributed by atoms with Gasteiger partial charge >= 0.3 is 5.69 Å². The van der Waals surface area contributed by atoms with E-state index in [-0.39, 0.29) is 36.3 Å². The Morgan fingerprint density at radius 2 is 2.30 bits per heavy atom. The predicted octanol–water partition coefficient (Wildman–Crippen LogP) is 0.298. The van der Waals surface area contributed by atoms with Gasteiger partial charge < -0.3 is 20.5 Å². The van der Waals surface area contributed by atoms with E-state index in [0.29, 0.717) is 13.0 Å². The third-order valence-corrected chi connectivity index (χ3v) is 3.13. The van der Waals surface area contributed by atoms with E-state index in [0.717, 1.165) is 0 Å². The van der Waals surface area contributed by atoms with Crippen LogP contribution in [-0.4, -0.2) is 52.4 Å². The maximum Gasteiger partial charge on any atom is 0.332 e. The number of ether oxygens (including phenoxy) is 1. The van der Waals surface area contributed by atoms with Crippen molar-refractivity contribution in [3.63, 3.8) is 0 Å². The van der Waals surface area contributed by atoms with Gasteiger partial charge in [-0.2, -0.15) is 4.98 Å². The van der Waals surface area contributed by atoms with Crippen LogP contribution >= 0.6 is 0 Å². The summed E-state index contributed by atoms with van der Waals surface area (Å²) in [7, 11) is 1.63. The van der Waals surface area contributed by atoms with Crippen LogP contribution in [0.4, 0.5) is 17.5 Å². The average molecular weight is 283 g/mol. The molecule has 2 rings (SSSR count). The molecule has 1 saturated heterocycles. The third-order valence-electron chi connectivity index (χ3n) is 3.13. The van der Waals surface area contributed by atoms with Gasteiger partial charge in [-0.25, -0.2) is 4.98 Å². The summed E-state index contributed by atoms with van der Waals surface area (Å²) in [5, 5.41) is 26.8. The predicted molar refractivity (Wildman–Crippen MR) is 71.8 cm³/mol. The molecule has 0 aliphatic carbocycles. The first-order chi connectivity index (χ1) is 9.45. The lowest BCUT2D eigenvalue weighted by Crippen LogP contribution is -2.37. The summed E-state index contributed by atoms with van der Waals surface area (Å²) in [6, 6.07) is 0. The summed E-state index contributed by atoms with van der Waals surface area (Å²) in [5.74, 6) is 0.373. The van der Waals surface area contributed by atoms with E-state index in [1.807, 2.05) is 0 Å². The Kier molecular flexibility index (Phi) is 4.00. The van der Waals surface area contributed by atoms with Crippen molar-refractivity contribution in [1.82, 2.24) is 9.97 Å². The van der Waals surface area contributed by atoms with Crippen LogP contribution in [0, 0.1) is 17.0 Å². The number of hydrogen-bond donors (Lipinski definition) is 3. The van der Waals surface area contributed by atoms with Gasteiger partial charge in [0.15, 0.2) is 0 Å². The Bertz CT molecular complexity index is 516. The second-order valence-corrected chi connectivity index (χ2v) is 4.72. The number of hydrogen-bond acceptors (Lipinski definition) is 8. The van der Waals surface area contributed by atoms with Crippen LogP contribution in [0.15, 0.2) is 0 Å². The highest BCUT2D eigenvalue weighted by Gasteiger charge is 2.33. The zero-order valence-electron chi connectivity index (χ0n) is 11.3. The minimum atomic E-state index is -1.02. The monoisotopic (exact) mass is 283 g/mol. The molecule has 1 aliphatic rings. The number of rotatable bonds is 5. The van der Waals surface area contributed by atoms with Crippen molar-refractivity contribution in [3.05, 3.63) is 15.8 Å². The molecule has 0 aromatic carbocycles. The Morgan fingerprint density at radius 3 is 2.85 bits per heavy atom. The molecule has 3 N–H and O–H groups in total. The Labute approximate surface area is 115 Å². The van der Waals surface area contributed by atoms with E-state index < -0.39 is 10.5 Å². The first-order valence-electron chi connectivity index (χ1n) is 6.20. The van der Waals surface area contributed by atoms with E-state index >= 15 is 0 Å². The molecule has 2 heterocycles. The van der Waals surface area contributed by atoms with Gasteiger partial charge in [-0.1, -0.05) is 0 Å². The van der Waals surface area contributed by atoms with E-state index in [2.05, 4.69) is 20.6 Å². The molecule has 20 heavy (non-hydrogen) atoms. The van der Waals surface area contributed by atoms with Crippen molar-refractivity contribution in [2.24, 2.45) is 0 Å². The number of nitro groups is 1. The Morgan fingerprint density at radius 1 is 1.55 bits per heavy atom. The summed E-state index contributed by atoms with van der Waals surface area (Å²) >= 11 is 0. The van der Waals surface area contributed by atoms with Crippen LogP contribution in [0.2, 0.25) is 0 Å². The second kappa shape index (κ2) is 5.55. The third kappa shape index (κ3) is 2.94. The van der Waals surface area contributed by atoms with Gasteiger partial charge in [0.1, 0.15) is 11.3 Å². The minimum absolute atomic E-state index is 0.0900. The van der Waals surface area contributed by atoms with E-state index in [4.69, 9.17) is 4.74 Å². The van der Waals surface area contributed by atoms with Crippen LogP contribution in [-0.2, 0) is 4.74 Å². The molecule has 1 aromatic heterocycles. The zero-order chi connectivity index (χ0) is 14.8. The van der Waals surface area contributed by atoms with Gasteiger partial charge in [0, 0.05) is 26.6 Å². The van der Waals surface area contributed by atoms with Gasteiger partial charge in [0.05, 0.1) is 11.5 Å². The lowest BCUT2D eigenvalue weighted by molar-refractivity contribution is -0.385. The van der Waals surface area contributed by atoms with E-state index in [1.54, 1.807) is 14.0 Å². The number of aromatic nitrogens is 2. The topological polar surface area (TPSA) is 122 Å².